The van der Waals surface area contributed by atoms with E-state index in [9.17, 15) is 0 Å². The van der Waals surface area contributed by atoms with E-state index in [0.717, 1.165) is 0 Å². The summed E-state index contributed by atoms with van der Waals surface area (Å²) in [5, 5.41) is 0. The summed E-state index contributed by atoms with van der Waals surface area (Å²) < 4.78 is 5.83. The minimum atomic E-state index is -1.20. The van der Waals surface area contributed by atoms with Gasteiger partial charge in [0.15, 0.2) is 8.32 Å². The largest absolute Gasteiger partial charge is 0.453 e. The summed E-state index contributed by atoms with van der Waals surface area (Å²) in [4.78, 5) is 0. The smallest absolute Gasteiger partial charge is 0.230 e. The van der Waals surface area contributed by atoms with Crippen LogP contribution in [0.4, 0.5) is 0 Å². The van der Waals surface area contributed by atoms with Crippen molar-refractivity contribution >= 4 is 17.4 Å². The van der Waals surface area contributed by atoms with Crippen LogP contribution in [0.2, 0.25) is 25.7 Å². The minimum Gasteiger partial charge on any atom is -0.453 e. The molecule has 0 atom stereocenters. The molecule has 1 nitrogen and oxygen atoms in total. The van der Waals surface area contributed by atoms with E-state index in [2.05, 4.69) is 31.4 Å². The Kier molecular flexibility index (Phi) is 1.93. The summed E-state index contributed by atoms with van der Waals surface area (Å²) in [6.45, 7) is 6.74. The van der Waals surface area contributed by atoms with Crippen LogP contribution in [-0.4, -0.2) is 17.4 Å². The van der Waals surface area contributed by atoms with Gasteiger partial charge >= 0.3 is 0 Å². The van der Waals surface area contributed by atoms with E-state index < -0.39 is 17.4 Å². The molecule has 9 heavy (non-hydrogen) atoms. The van der Waals surface area contributed by atoms with Crippen molar-refractivity contribution in [1.29, 1.82) is 0 Å². The number of allylic oxidation sites excluding steroid dienone is 1. The average molecular weight is 157 g/mol. The summed E-state index contributed by atoms with van der Waals surface area (Å²) in [6.07, 6.45) is 2.20. The fourth-order valence-corrected chi connectivity index (χ4v) is 4.86. The van der Waals surface area contributed by atoms with Crippen molar-refractivity contribution in [3.63, 3.8) is 0 Å². The monoisotopic (exact) mass is 157 g/mol. The van der Waals surface area contributed by atoms with Gasteiger partial charge in [0.2, 0.25) is 9.04 Å². The van der Waals surface area contributed by atoms with Gasteiger partial charge in [-0.3, -0.25) is 0 Å². The molecule has 1 aliphatic heterocycles. The molecule has 0 aromatic rings. The Morgan fingerprint density at radius 1 is 1.44 bits per heavy atom. The number of hydrogen-bond acceptors (Lipinski definition) is 1. The third-order valence-electron chi connectivity index (χ3n) is 1.06. The van der Waals surface area contributed by atoms with E-state index in [-0.39, 0.29) is 0 Å². The van der Waals surface area contributed by atoms with Gasteiger partial charge in [-0.2, -0.15) is 0 Å². The molecule has 1 radical (unpaired) electrons. The van der Waals surface area contributed by atoms with Crippen molar-refractivity contribution in [1.82, 2.24) is 0 Å². The van der Waals surface area contributed by atoms with Crippen molar-refractivity contribution in [2.75, 3.05) is 0 Å². The van der Waals surface area contributed by atoms with Crippen LogP contribution >= 0.6 is 0 Å². The Labute approximate surface area is 59.6 Å². The lowest BCUT2D eigenvalue weighted by Gasteiger charge is -2.25. The van der Waals surface area contributed by atoms with Crippen LogP contribution < -0.4 is 0 Å². The van der Waals surface area contributed by atoms with Gasteiger partial charge in [-0.15, -0.1) is 0 Å². The zero-order chi connectivity index (χ0) is 6.91. The predicted molar refractivity (Wildman–Crippen MR) is 44.1 cm³/mol. The molecular formula is C6H13OSi2. The van der Waals surface area contributed by atoms with Gasteiger partial charge in [0.05, 0.1) is 0 Å². The van der Waals surface area contributed by atoms with Crippen molar-refractivity contribution in [3.05, 3.63) is 11.8 Å². The first-order valence-corrected chi connectivity index (χ1v) is 8.39. The summed E-state index contributed by atoms with van der Waals surface area (Å²) in [6, 6.07) is 1.23. The molecule has 0 N–H and O–H groups in total. The minimum absolute atomic E-state index is 0.425. The van der Waals surface area contributed by atoms with E-state index in [0.29, 0.717) is 0 Å². The second-order valence-electron chi connectivity index (χ2n) is 3.29. The molecule has 0 aromatic heterocycles. The van der Waals surface area contributed by atoms with Gasteiger partial charge in [-0.05, 0) is 25.7 Å². The molecule has 0 unspecified atom stereocenters. The fraction of sp³-hybridized carbons (Fsp3) is 0.667. The molecule has 1 aliphatic rings. The highest BCUT2D eigenvalue weighted by atomic mass is 28.4. The normalized spacial score (nSPS) is 19.9. The topological polar surface area (TPSA) is 9.23 Å². The van der Waals surface area contributed by atoms with Crippen LogP contribution in [0.15, 0.2) is 11.8 Å². The highest BCUT2D eigenvalue weighted by Gasteiger charge is 2.23. The van der Waals surface area contributed by atoms with E-state index in [1.807, 2.05) is 0 Å². The quantitative estimate of drug-likeness (QED) is 0.557. The highest BCUT2D eigenvalue weighted by Crippen LogP contribution is 2.14. The summed E-state index contributed by atoms with van der Waals surface area (Å²) in [5.41, 5.74) is 2.24. The first-order chi connectivity index (χ1) is 4.08. The third kappa shape index (κ3) is 2.47. The first kappa shape index (κ1) is 7.24. The van der Waals surface area contributed by atoms with Crippen LogP contribution in [0.5, 0.6) is 0 Å². The van der Waals surface area contributed by atoms with Gasteiger partial charge in [-0.25, -0.2) is 0 Å². The number of hydrogen-bond donors (Lipinski definition) is 0. The number of rotatable bonds is 2. The van der Waals surface area contributed by atoms with Gasteiger partial charge < -0.3 is 4.12 Å². The van der Waals surface area contributed by atoms with Gasteiger partial charge in [0, 0.05) is 0 Å². The van der Waals surface area contributed by atoms with Crippen LogP contribution in [0.25, 0.3) is 0 Å². The molecule has 51 valence electrons. The van der Waals surface area contributed by atoms with Gasteiger partial charge in [0.25, 0.3) is 0 Å². The highest BCUT2D eigenvalue weighted by molar-refractivity contribution is 6.79. The van der Waals surface area contributed by atoms with Gasteiger partial charge in [-0.1, -0.05) is 11.8 Å². The van der Waals surface area contributed by atoms with Crippen LogP contribution in [0.1, 0.15) is 0 Å². The average Bonchev–Trinajstić information content (AvgIpc) is 1.53. The van der Waals surface area contributed by atoms with Crippen molar-refractivity contribution in [2.24, 2.45) is 0 Å². The van der Waals surface area contributed by atoms with Crippen LogP contribution in [-0.2, 0) is 4.12 Å². The zero-order valence-corrected chi connectivity index (χ0v) is 8.27. The van der Waals surface area contributed by atoms with Crippen molar-refractivity contribution < 1.29 is 4.12 Å². The second-order valence-corrected chi connectivity index (χ2v) is 10.0. The Bertz CT molecular complexity index is 126. The summed E-state index contributed by atoms with van der Waals surface area (Å²) in [5.74, 6) is 0. The third-order valence-corrected chi connectivity index (χ3v) is 5.80. The van der Waals surface area contributed by atoms with Crippen LogP contribution in [0, 0.1) is 0 Å². The predicted octanol–water partition coefficient (Wildman–Crippen LogP) is 1.94. The molecule has 1 rings (SSSR count). The van der Waals surface area contributed by atoms with E-state index in [1.165, 1.54) is 6.04 Å². The Morgan fingerprint density at radius 3 is 2.11 bits per heavy atom. The van der Waals surface area contributed by atoms with Gasteiger partial charge in [0.1, 0.15) is 0 Å². The molecule has 0 fully saturated rings. The molecule has 0 amide bonds. The molecule has 0 spiro atoms. The maximum atomic E-state index is 5.83. The van der Waals surface area contributed by atoms with E-state index in [4.69, 9.17) is 4.12 Å². The van der Waals surface area contributed by atoms with Crippen molar-refractivity contribution in [2.45, 2.75) is 25.7 Å². The Morgan fingerprint density at radius 2 is 2.00 bits per heavy atom. The maximum absolute atomic E-state index is 5.83. The van der Waals surface area contributed by atoms with Crippen LogP contribution in [0.3, 0.4) is 0 Å². The summed E-state index contributed by atoms with van der Waals surface area (Å²) in [7, 11) is -1.62. The molecule has 1 heterocycles. The lowest BCUT2D eigenvalue weighted by atomic mass is 10.7. The Balaban J connectivity index is 2.25. The van der Waals surface area contributed by atoms with Crippen molar-refractivity contribution in [3.8, 4) is 0 Å². The molecule has 0 saturated heterocycles. The summed E-state index contributed by atoms with van der Waals surface area (Å²) >= 11 is 0. The van der Waals surface area contributed by atoms with E-state index in [1.54, 1.807) is 0 Å². The second kappa shape index (κ2) is 2.40. The maximum Gasteiger partial charge on any atom is 0.230 e. The zero-order valence-electron chi connectivity index (χ0n) is 6.27. The molecule has 0 aromatic carbocycles. The Hall–Kier alpha value is 0.134. The molecular weight excluding hydrogens is 144 g/mol. The first-order valence-electron chi connectivity index (χ1n) is 3.29. The van der Waals surface area contributed by atoms with E-state index >= 15 is 0 Å². The lowest BCUT2D eigenvalue weighted by molar-refractivity contribution is 0.578. The fourth-order valence-electron chi connectivity index (χ4n) is 0.683. The molecule has 0 aliphatic carbocycles. The SMILES string of the molecule is C[Si](C)(C)O[Si]1C=CC1. The standard InChI is InChI=1S/C6H13OSi2/c1-9(2,3)7-8-5-4-6-8/h4-5H,6H2,1-3H3. The lowest BCUT2D eigenvalue weighted by Crippen LogP contribution is -2.35. The molecule has 0 saturated carbocycles. The molecule has 0 bridgehead atoms. The molecule has 3 heteroatoms.